The standard InChI is InChI=1S/C25H34N2O4S/c1-7-25(8-2)16-22(21-11-9-10-12-23(21)31-25)26-24(28)19(5)27(32(6,29)30)20-14-13-17(3)18(4)15-20/h9-15,19,22H,7-8,16H2,1-6H3,(H,26,28)/t19-,22+/m1/s1. The summed E-state index contributed by atoms with van der Waals surface area (Å²) < 4.78 is 32.9. The maximum absolute atomic E-state index is 13.4. The Morgan fingerprint density at radius 2 is 1.81 bits per heavy atom. The molecule has 0 spiro atoms. The van der Waals surface area contributed by atoms with E-state index < -0.39 is 16.1 Å². The maximum atomic E-state index is 13.4. The number of aryl methyl sites for hydroxylation is 2. The summed E-state index contributed by atoms with van der Waals surface area (Å²) in [7, 11) is -3.68. The van der Waals surface area contributed by atoms with Crippen LogP contribution in [0.4, 0.5) is 5.69 Å². The van der Waals surface area contributed by atoms with Crippen LogP contribution in [0.1, 0.15) is 62.8 Å². The zero-order chi connectivity index (χ0) is 23.7. The molecule has 3 rings (SSSR count). The molecule has 2 aromatic rings. The molecule has 1 aliphatic heterocycles. The van der Waals surface area contributed by atoms with Gasteiger partial charge in [0, 0.05) is 12.0 Å². The molecule has 2 atom stereocenters. The smallest absolute Gasteiger partial charge is 0.244 e. The highest BCUT2D eigenvalue weighted by Crippen LogP contribution is 2.42. The van der Waals surface area contributed by atoms with Gasteiger partial charge in [-0.25, -0.2) is 8.42 Å². The molecular weight excluding hydrogens is 424 g/mol. The van der Waals surface area contributed by atoms with Crippen LogP contribution >= 0.6 is 0 Å². The number of para-hydroxylation sites is 1. The minimum absolute atomic E-state index is 0.254. The van der Waals surface area contributed by atoms with Crippen molar-refractivity contribution >= 4 is 21.6 Å². The van der Waals surface area contributed by atoms with Crippen LogP contribution in [-0.2, 0) is 14.8 Å². The fourth-order valence-electron chi connectivity index (χ4n) is 4.39. The quantitative estimate of drug-likeness (QED) is 0.655. The molecule has 1 aliphatic rings. The topological polar surface area (TPSA) is 75.7 Å². The first-order valence-corrected chi connectivity index (χ1v) is 13.0. The number of rotatable bonds is 7. The van der Waals surface area contributed by atoms with Gasteiger partial charge in [0.2, 0.25) is 15.9 Å². The predicted octanol–water partition coefficient (Wildman–Crippen LogP) is 4.66. The second-order valence-electron chi connectivity index (χ2n) is 8.80. The highest BCUT2D eigenvalue weighted by atomic mass is 32.2. The van der Waals surface area contributed by atoms with E-state index in [9.17, 15) is 13.2 Å². The number of hydrogen-bond donors (Lipinski definition) is 1. The summed E-state index contributed by atoms with van der Waals surface area (Å²) >= 11 is 0. The molecule has 0 aliphatic carbocycles. The van der Waals surface area contributed by atoms with Crippen LogP contribution in [0, 0.1) is 13.8 Å². The van der Waals surface area contributed by atoms with Crippen LogP contribution in [0.25, 0.3) is 0 Å². The van der Waals surface area contributed by atoms with Crippen molar-refractivity contribution in [1.29, 1.82) is 0 Å². The van der Waals surface area contributed by atoms with E-state index in [1.165, 1.54) is 4.31 Å². The van der Waals surface area contributed by atoms with E-state index in [-0.39, 0.29) is 17.6 Å². The number of carbonyl (C=O) groups excluding carboxylic acids is 1. The number of benzene rings is 2. The Morgan fingerprint density at radius 1 is 1.16 bits per heavy atom. The van der Waals surface area contributed by atoms with Gasteiger partial charge in [-0.2, -0.15) is 0 Å². The zero-order valence-corrected chi connectivity index (χ0v) is 20.6. The SMILES string of the molecule is CCC1(CC)C[C@H](NC(=O)[C@@H](C)N(c2ccc(C)c(C)c2)S(C)(=O)=O)c2ccccc2O1. The highest BCUT2D eigenvalue weighted by molar-refractivity contribution is 7.92. The Balaban J connectivity index is 1.92. The number of nitrogens with zero attached hydrogens (tertiary/aromatic N) is 1. The Morgan fingerprint density at radius 3 is 2.41 bits per heavy atom. The van der Waals surface area contributed by atoms with Crippen molar-refractivity contribution < 1.29 is 17.9 Å². The second kappa shape index (κ2) is 9.14. The number of nitrogens with one attached hydrogen (secondary N) is 1. The summed E-state index contributed by atoms with van der Waals surface area (Å²) in [4.78, 5) is 13.4. The number of ether oxygens (including phenoxy) is 1. The zero-order valence-electron chi connectivity index (χ0n) is 19.8. The third-order valence-electron chi connectivity index (χ3n) is 6.64. The second-order valence-corrected chi connectivity index (χ2v) is 10.7. The lowest BCUT2D eigenvalue weighted by atomic mass is 9.83. The molecule has 0 fully saturated rings. The fraction of sp³-hybridized carbons (Fsp3) is 0.480. The van der Waals surface area contributed by atoms with Crippen molar-refractivity contribution in [3.63, 3.8) is 0 Å². The molecule has 0 aromatic heterocycles. The maximum Gasteiger partial charge on any atom is 0.244 e. The van der Waals surface area contributed by atoms with Crippen LogP contribution in [0.5, 0.6) is 5.75 Å². The molecule has 0 unspecified atom stereocenters. The fourth-order valence-corrected chi connectivity index (χ4v) is 5.56. The Labute approximate surface area is 192 Å². The lowest BCUT2D eigenvalue weighted by molar-refractivity contribution is -0.123. The van der Waals surface area contributed by atoms with Gasteiger partial charge >= 0.3 is 0 Å². The van der Waals surface area contributed by atoms with Crippen LogP contribution in [0.2, 0.25) is 0 Å². The predicted molar refractivity (Wildman–Crippen MR) is 129 cm³/mol. The molecule has 0 bridgehead atoms. The molecule has 6 nitrogen and oxygen atoms in total. The molecule has 0 radical (unpaired) electrons. The van der Waals surface area contributed by atoms with Gasteiger partial charge in [0.15, 0.2) is 0 Å². The minimum atomic E-state index is -3.68. The number of amides is 1. The first kappa shape index (κ1) is 24.1. The number of hydrogen-bond acceptors (Lipinski definition) is 4. The van der Waals surface area contributed by atoms with Crippen molar-refractivity contribution in [2.24, 2.45) is 0 Å². The average Bonchev–Trinajstić information content (AvgIpc) is 2.75. The van der Waals surface area contributed by atoms with Gasteiger partial charge in [-0.1, -0.05) is 38.1 Å². The van der Waals surface area contributed by atoms with Crippen molar-refractivity contribution in [3.05, 3.63) is 59.2 Å². The molecule has 0 saturated heterocycles. The van der Waals surface area contributed by atoms with Gasteiger partial charge < -0.3 is 10.1 Å². The van der Waals surface area contributed by atoms with Crippen molar-refractivity contribution in [2.45, 2.75) is 71.6 Å². The number of sulfonamides is 1. The van der Waals surface area contributed by atoms with Crippen molar-refractivity contribution in [1.82, 2.24) is 5.32 Å². The van der Waals surface area contributed by atoms with Crippen molar-refractivity contribution in [3.8, 4) is 5.75 Å². The first-order valence-electron chi connectivity index (χ1n) is 11.2. The summed E-state index contributed by atoms with van der Waals surface area (Å²) in [5, 5.41) is 3.12. The number of fused-ring (bicyclic) bond motifs is 1. The molecule has 0 saturated carbocycles. The van der Waals surface area contributed by atoms with Crippen LogP contribution in [0.15, 0.2) is 42.5 Å². The van der Waals surface area contributed by atoms with Crippen LogP contribution in [0.3, 0.4) is 0 Å². The summed E-state index contributed by atoms with van der Waals surface area (Å²) in [5.74, 6) is 0.436. The Kier molecular flexibility index (Phi) is 6.89. The van der Waals surface area contributed by atoms with E-state index in [1.807, 2.05) is 50.2 Å². The number of carbonyl (C=O) groups is 1. The molecule has 1 heterocycles. The van der Waals surface area contributed by atoms with Gasteiger partial charge in [-0.05, 0) is 62.9 Å². The lowest BCUT2D eigenvalue weighted by Gasteiger charge is -2.42. The molecule has 7 heteroatoms. The first-order chi connectivity index (χ1) is 15.0. The summed E-state index contributed by atoms with van der Waals surface area (Å²) in [6.45, 7) is 9.70. The summed E-state index contributed by atoms with van der Waals surface area (Å²) in [6.07, 6.45) is 3.41. The van der Waals surface area contributed by atoms with E-state index >= 15 is 0 Å². The van der Waals surface area contributed by atoms with E-state index in [1.54, 1.807) is 13.0 Å². The van der Waals surface area contributed by atoms with Gasteiger partial charge in [-0.15, -0.1) is 0 Å². The largest absolute Gasteiger partial charge is 0.487 e. The van der Waals surface area contributed by atoms with E-state index in [0.717, 1.165) is 41.5 Å². The van der Waals surface area contributed by atoms with Gasteiger partial charge in [0.1, 0.15) is 17.4 Å². The van der Waals surface area contributed by atoms with Gasteiger partial charge in [-0.3, -0.25) is 9.10 Å². The van der Waals surface area contributed by atoms with Crippen molar-refractivity contribution in [2.75, 3.05) is 10.6 Å². The van der Waals surface area contributed by atoms with E-state index in [2.05, 4.69) is 19.2 Å². The van der Waals surface area contributed by atoms with Gasteiger partial charge in [0.05, 0.1) is 18.0 Å². The monoisotopic (exact) mass is 458 g/mol. The highest BCUT2D eigenvalue weighted by Gasteiger charge is 2.40. The third kappa shape index (κ3) is 4.77. The average molecular weight is 459 g/mol. The Hall–Kier alpha value is -2.54. The van der Waals surface area contributed by atoms with E-state index in [4.69, 9.17) is 4.74 Å². The number of anilines is 1. The van der Waals surface area contributed by atoms with Crippen LogP contribution < -0.4 is 14.4 Å². The molecule has 1 amide bonds. The lowest BCUT2D eigenvalue weighted by Crippen LogP contribution is -2.51. The molecule has 174 valence electrons. The third-order valence-corrected chi connectivity index (χ3v) is 7.88. The molecular formula is C25H34N2O4S. The van der Waals surface area contributed by atoms with E-state index in [0.29, 0.717) is 12.1 Å². The molecule has 2 aromatic carbocycles. The minimum Gasteiger partial charge on any atom is -0.487 e. The summed E-state index contributed by atoms with van der Waals surface area (Å²) in [6, 6.07) is 12.0. The molecule has 1 N–H and O–H groups in total. The normalized spacial score (nSPS) is 18.2. The molecule has 32 heavy (non-hydrogen) atoms. The Bertz CT molecular complexity index is 1090. The summed E-state index contributed by atoms with van der Waals surface area (Å²) in [5.41, 5.74) is 3.08. The van der Waals surface area contributed by atoms with Gasteiger partial charge in [0.25, 0.3) is 0 Å². The van der Waals surface area contributed by atoms with Crippen LogP contribution in [-0.4, -0.2) is 32.2 Å².